The molecule has 1 atom stereocenters. The summed E-state index contributed by atoms with van der Waals surface area (Å²) >= 11 is 0. The molecule has 6 nitrogen and oxygen atoms in total. The minimum Gasteiger partial charge on any atom is -0.405 e. The topological polar surface area (TPSA) is 84.7 Å². The number of allylic oxidation sites excluding steroid dienone is 3. The van der Waals surface area contributed by atoms with Crippen molar-refractivity contribution >= 4 is 23.1 Å². The lowest BCUT2D eigenvalue weighted by Crippen LogP contribution is -2.51. The van der Waals surface area contributed by atoms with Gasteiger partial charge in [-0.25, -0.2) is 0 Å². The summed E-state index contributed by atoms with van der Waals surface area (Å²) in [5.41, 5.74) is 7.80. The predicted octanol–water partition coefficient (Wildman–Crippen LogP) is 3.87. The number of amides is 2. The molecule has 0 spiro atoms. The number of anilines is 1. The van der Waals surface area contributed by atoms with Crippen LogP contribution in [0, 0.1) is 6.92 Å². The fourth-order valence-corrected chi connectivity index (χ4v) is 4.06. The lowest BCUT2D eigenvalue weighted by molar-refractivity contribution is -0.303. The molecule has 0 radical (unpaired) electrons. The average Bonchev–Trinajstić information content (AvgIpc) is 2.73. The summed E-state index contributed by atoms with van der Waals surface area (Å²) in [4.78, 5) is 26.4. The quantitative estimate of drug-likeness (QED) is 0.733. The van der Waals surface area contributed by atoms with Crippen LogP contribution in [0.3, 0.4) is 0 Å². The Morgan fingerprint density at radius 1 is 1.29 bits per heavy atom. The Morgan fingerprint density at radius 3 is 2.74 bits per heavy atom. The molecule has 1 saturated heterocycles. The van der Waals surface area contributed by atoms with Crippen LogP contribution in [0.1, 0.15) is 43.2 Å². The van der Waals surface area contributed by atoms with E-state index in [4.69, 9.17) is 5.73 Å². The summed E-state index contributed by atoms with van der Waals surface area (Å²) in [7, 11) is 0. The molecule has 0 saturated carbocycles. The minimum atomic E-state index is -4.77. The first-order valence-corrected chi connectivity index (χ1v) is 10.3. The highest BCUT2D eigenvalue weighted by Gasteiger charge is 2.34. The fraction of sp³-hybridized carbons (Fsp3) is 0.455. The lowest BCUT2D eigenvalue weighted by atomic mass is 9.92. The molecule has 1 heterocycles. The van der Waals surface area contributed by atoms with Gasteiger partial charge >= 0.3 is 6.36 Å². The van der Waals surface area contributed by atoms with Crippen molar-refractivity contribution in [3.8, 4) is 0 Å². The third-order valence-corrected chi connectivity index (χ3v) is 5.47. The van der Waals surface area contributed by atoms with Gasteiger partial charge in [-0.05, 0) is 68.4 Å². The highest BCUT2D eigenvalue weighted by Crippen LogP contribution is 2.35. The van der Waals surface area contributed by atoms with Crippen LogP contribution < -0.4 is 11.1 Å². The zero-order valence-corrected chi connectivity index (χ0v) is 17.3. The molecule has 1 unspecified atom stereocenters. The van der Waals surface area contributed by atoms with Crippen molar-refractivity contribution < 1.29 is 27.5 Å². The van der Waals surface area contributed by atoms with Crippen LogP contribution in [0.15, 0.2) is 36.1 Å². The van der Waals surface area contributed by atoms with Crippen LogP contribution in [-0.4, -0.2) is 42.2 Å². The first kappa shape index (κ1) is 22.9. The number of piperidine rings is 1. The van der Waals surface area contributed by atoms with Crippen LogP contribution in [0.4, 0.5) is 18.9 Å². The summed E-state index contributed by atoms with van der Waals surface area (Å²) in [6, 6.07) is 4.46. The number of nitrogens with zero attached hydrogens (tertiary/aromatic N) is 1. The molecule has 3 N–H and O–H groups in total. The number of ether oxygens (including phenoxy) is 1. The summed E-state index contributed by atoms with van der Waals surface area (Å²) in [5.74, 6) is -0.771. The largest absolute Gasteiger partial charge is 0.573 e. The predicted molar refractivity (Wildman–Crippen MR) is 111 cm³/mol. The average molecular weight is 437 g/mol. The van der Waals surface area contributed by atoms with Crippen molar-refractivity contribution in [3.05, 3.63) is 47.2 Å². The van der Waals surface area contributed by atoms with Crippen molar-refractivity contribution in [2.24, 2.45) is 5.73 Å². The summed E-state index contributed by atoms with van der Waals surface area (Å²) in [6.45, 7) is 2.12. The number of nitrogens with one attached hydrogen (secondary N) is 1. The summed E-state index contributed by atoms with van der Waals surface area (Å²) in [5, 5.41) is 2.83. The normalized spacial score (nSPS) is 19.4. The Morgan fingerprint density at radius 2 is 2.06 bits per heavy atom. The number of rotatable bonds is 5. The van der Waals surface area contributed by atoms with Gasteiger partial charge in [0.15, 0.2) is 0 Å². The van der Waals surface area contributed by atoms with Crippen molar-refractivity contribution in [2.45, 2.75) is 51.4 Å². The number of likely N-dealkylation sites (tertiary alicyclic amines) is 1. The second-order valence-corrected chi connectivity index (χ2v) is 7.65. The Hall–Kier alpha value is -2.81. The molecule has 2 amide bonds. The van der Waals surface area contributed by atoms with E-state index in [9.17, 15) is 22.8 Å². The van der Waals surface area contributed by atoms with E-state index in [1.54, 1.807) is 31.2 Å². The summed E-state index contributed by atoms with van der Waals surface area (Å²) in [6.07, 6.45) is 1.49. The molecule has 9 heteroatoms. The van der Waals surface area contributed by atoms with E-state index in [2.05, 4.69) is 10.1 Å². The molecule has 168 valence electrons. The van der Waals surface area contributed by atoms with E-state index in [-0.39, 0.29) is 24.1 Å². The first-order chi connectivity index (χ1) is 14.7. The first-order valence-electron chi connectivity index (χ1n) is 10.3. The number of nitrogens with two attached hydrogens (primary N) is 1. The Balaban J connectivity index is 1.80. The van der Waals surface area contributed by atoms with E-state index < -0.39 is 12.4 Å². The number of carbonyl (C=O) groups excluding carboxylic acids is 2. The molecule has 0 bridgehead atoms. The van der Waals surface area contributed by atoms with Crippen LogP contribution in [0.2, 0.25) is 0 Å². The molecule has 2 aliphatic rings. The van der Waals surface area contributed by atoms with Crippen LogP contribution in [-0.2, 0) is 14.3 Å². The Bertz CT molecular complexity index is 909. The Labute approximate surface area is 178 Å². The maximum atomic E-state index is 12.8. The van der Waals surface area contributed by atoms with Crippen molar-refractivity contribution in [1.82, 2.24) is 4.90 Å². The maximum absolute atomic E-state index is 12.8. The van der Waals surface area contributed by atoms with Crippen LogP contribution >= 0.6 is 0 Å². The zero-order chi connectivity index (χ0) is 22.6. The van der Waals surface area contributed by atoms with Gasteiger partial charge in [-0.1, -0.05) is 12.1 Å². The number of benzene rings is 1. The van der Waals surface area contributed by atoms with Gasteiger partial charge < -0.3 is 20.7 Å². The summed E-state index contributed by atoms with van der Waals surface area (Å²) < 4.78 is 42.5. The van der Waals surface area contributed by atoms with Gasteiger partial charge in [0.1, 0.15) is 11.8 Å². The Kier molecular flexibility index (Phi) is 7.04. The molecule has 1 aromatic rings. The van der Waals surface area contributed by atoms with Crippen LogP contribution in [0.25, 0.3) is 5.57 Å². The van der Waals surface area contributed by atoms with E-state index in [0.29, 0.717) is 48.2 Å². The number of carbonyl (C=O) groups is 2. The van der Waals surface area contributed by atoms with E-state index >= 15 is 0 Å². The molecular weight excluding hydrogens is 411 g/mol. The molecule has 1 aliphatic carbocycles. The van der Waals surface area contributed by atoms with Gasteiger partial charge in [0.05, 0.1) is 6.54 Å². The van der Waals surface area contributed by atoms with Crippen molar-refractivity contribution in [3.63, 3.8) is 0 Å². The zero-order valence-electron chi connectivity index (χ0n) is 17.3. The van der Waals surface area contributed by atoms with E-state index in [1.165, 1.54) is 11.0 Å². The van der Waals surface area contributed by atoms with Crippen LogP contribution in [0.5, 0.6) is 0 Å². The number of hydrogen-bond donors (Lipinski definition) is 2. The molecule has 1 fully saturated rings. The number of hydrogen-bond acceptors (Lipinski definition) is 4. The minimum absolute atomic E-state index is 0.149. The smallest absolute Gasteiger partial charge is 0.405 e. The van der Waals surface area contributed by atoms with Crippen molar-refractivity contribution in [2.75, 3.05) is 18.4 Å². The van der Waals surface area contributed by atoms with Gasteiger partial charge in [-0.15, -0.1) is 13.2 Å². The lowest BCUT2D eigenvalue weighted by Gasteiger charge is -2.34. The molecule has 0 aromatic heterocycles. The second kappa shape index (κ2) is 9.55. The van der Waals surface area contributed by atoms with E-state index in [0.717, 1.165) is 12.8 Å². The third kappa shape index (κ3) is 5.66. The fourth-order valence-electron chi connectivity index (χ4n) is 4.06. The highest BCUT2D eigenvalue weighted by molar-refractivity contribution is 5.97. The molecule has 3 rings (SSSR count). The standard InChI is InChI=1S/C22H26F3N3O3/c1-14-12-15(27-21(30)18-7-4-5-11-28(18)20(29)13-26)9-10-16(14)17-6-2-3-8-19(17)31-22(23,24)25/h3,8-10,12,18H,2,4-7,11,13,26H2,1H3,(H,27,30). The van der Waals surface area contributed by atoms with Gasteiger partial charge in [-0.3, -0.25) is 9.59 Å². The number of halogens is 3. The molecule has 31 heavy (non-hydrogen) atoms. The molecular formula is C22H26F3N3O3. The van der Waals surface area contributed by atoms with Gasteiger partial charge in [0.25, 0.3) is 0 Å². The third-order valence-electron chi connectivity index (χ3n) is 5.47. The van der Waals surface area contributed by atoms with Crippen molar-refractivity contribution in [1.29, 1.82) is 0 Å². The highest BCUT2D eigenvalue weighted by atomic mass is 19.4. The van der Waals surface area contributed by atoms with E-state index in [1.807, 2.05) is 0 Å². The number of alkyl halides is 3. The molecule has 1 aromatic carbocycles. The second-order valence-electron chi connectivity index (χ2n) is 7.65. The maximum Gasteiger partial charge on any atom is 0.573 e. The molecule has 1 aliphatic heterocycles. The van der Waals surface area contributed by atoms with Gasteiger partial charge in [0.2, 0.25) is 11.8 Å². The van der Waals surface area contributed by atoms with Gasteiger partial charge in [0, 0.05) is 17.8 Å². The monoisotopic (exact) mass is 437 g/mol. The van der Waals surface area contributed by atoms with Gasteiger partial charge in [-0.2, -0.15) is 0 Å². The number of aryl methyl sites for hydroxylation is 1. The SMILES string of the molecule is Cc1cc(NC(=O)C2CCCCN2C(=O)CN)ccc1C1=C(OC(F)(F)F)C=CCC1.